The number of methoxy groups -OCH3 is 1. The third kappa shape index (κ3) is 5.26. The number of ether oxygens (including phenoxy) is 2. The largest absolute Gasteiger partial charge is 0.466 e. The standard InChI is InChI=1S/C19H13F2N3O4S/c1-27-17(25)9-16-18(26)23-19(29-16)24-22-10-11-4-2-3-5-15(11)28-12-6-7-13(20)14(21)8-12/h2-10H,1H3,(H,23,24,26)/b16-9+,22-10?. The summed E-state index contributed by atoms with van der Waals surface area (Å²) in [5, 5.41) is 10.4. The van der Waals surface area contributed by atoms with Gasteiger partial charge in [-0.1, -0.05) is 12.1 Å². The summed E-state index contributed by atoms with van der Waals surface area (Å²) in [6, 6.07) is 9.94. The summed E-state index contributed by atoms with van der Waals surface area (Å²) in [7, 11) is 1.20. The summed E-state index contributed by atoms with van der Waals surface area (Å²) in [6.07, 6.45) is 2.42. The molecule has 1 amide bonds. The minimum atomic E-state index is -1.02. The van der Waals surface area contributed by atoms with Gasteiger partial charge < -0.3 is 9.47 Å². The van der Waals surface area contributed by atoms with E-state index >= 15 is 0 Å². The number of halogens is 2. The number of benzene rings is 2. The number of hydrogen-bond donors (Lipinski definition) is 1. The first kappa shape index (κ1) is 20.2. The first-order valence-corrected chi connectivity index (χ1v) is 8.89. The third-order valence-corrected chi connectivity index (χ3v) is 4.38. The summed E-state index contributed by atoms with van der Waals surface area (Å²) >= 11 is 0.935. The second-order valence-electron chi connectivity index (χ2n) is 5.45. The van der Waals surface area contributed by atoms with E-state index in [4.69, 9.17) is 4.74 Å². The Morgan fingerprint density at radius 1 is 1.17 bits per heavy atom. The van der Waals surface area contributed by atoms with E-state index in [-0.39, 0.29) is 15.8 Å². The van der Waals surface area contributed by atoms with Gasteiger partial charge in [-0.2, -0.15) is 5.10 Å². The van der Waals surface area contributed by atoms with Gasteiger partial charge in [0.1, 0.15) is 11.5 Å². The van der Waals surface area contributed by atoms with Crippen molar-refractivity contribution in [3.63, 3.8) is 0 Å². The van der Waals surface area contributed by atoms with Crippen LogP contribution in [-0.2, 0) is 14.3 Å². The number of thioether (sulfide) groups is 1. The van der Waals surface area contributed by atoms with E-state index in [0.717, 1.165) is 30.0 Å². The first-order valence-electron chi connectivity index (χ1n) is 8.08. The number of hydrogen-bond acceptors (Lipinski definition) is 7. The molecule has 1 aliphatic rings. The quantitative estimate of drug-likeness (QED) is 0.349. The van der Waals surface area contributed by atoms with Gasteiger partial charge in [-0.05, 0) is 36.0 Å². The van der Waals surface area contributed by atoms with E-state index in [1.807, 2.05) is 0 Å². The summed E-state index contributed by atoms with van der Waals surface area (Å²) in [6.45, 7) is 0. The molecular weight excluding hydrogens is 404 g/mol. The molecule has 2 aromatic carbocycles. The van der Waals surface area contributed by atoms with Crippen molar-refractivity contribution in [3.8, 4) is 11.5 Å². The molecule has 1 N–H and O–H groups in total. The Kier molecular flexibility index (Phi) is 6.35. The number of para-hydroxylation sites is 1. The topological polar surface area (TPSA) is 89.3 Å². The van der Waals surface area contributed by atoms with E-state index in [1.54, 1.807) is 24.3 Å². The van der Waals surface area contributed by atoms with Crippen LogP contribution in [-0.4, -0.2) is 30.4 Å². The lowest BCUT2D eigenvalue weighted by Crippen LogP contribution is -2.19. The molecule has 3 rings (SSSR count). The highest BCUT2D eigenvalue weighted by Crippen LogP contribution is 2.26. The number of carbonyl (C=O) groups excluding carboxylic acids is 2. The average Bonchev–Trinajstić information content (AvgIpc) is 3.05. The molecule has 2 aromatic rings. The van der Waals surface area contributed by atoms with Crippen molar-refractivity contribution < 1.29 is 27.8 Å². The van der Waals surface area contributed by atoms with Crippen LogP contribution in [0, 0.1) is 11.6 Å². The Labute approximate surface area is 168 Å². The van der Waals surface area contributed by atoms with E-state index in [1.165, 1.54) is 19.4 Å². The van der Waals surface area contributed by atoms with Crippen LogP contribution < -0.4 is 10.1 Å². The number of nitrogens with one attached hydrogen (secondary N) is 1. The molecule has 1 saturated heterocycles. The van der Waals surface area contributed by atoms with E-state index in [2.05, 4.69) is 20.3 Å². The molecule has 0 unspecified atom stereocenters. The normalized spacial score (nSPS) is 16.4. The van der Waals surface area contributed by atoms with Crippen LogP contribution in [0.3, 0.4) is 0 Å². The second kappa shape index (κ2) is 9.11. The monoisotopic (exact) mass is 417 g/mol. The van der Waals surface area contributed by atoms with Crippen molar-refractivity contribution in [3.05, 3.63) is 70.6 Å². The average molecular weight is 417 g/mol. The zero-order valence-electron chi connectivity index (χ0n) is 14.9. The number of amides is 1. The van der Waals surface area contributed by atoms with Crippen molar-refractivity contribution in [2.45, 2.75) is 0 Å². The maximum absolute atomic E-state index is 13.4. The molecule has 0 atom stereocenters. The molecule has 148 valence electrons. The Balaban J connectivity index is 1.74. The van der Waals surface area contributed by atoms with Gasteiger partial charge in [-0.3, -0.25) is 10.1 Å². The van der Waals surface area contributed by atoms with Crippen molar-refractivity contribution in [1.82, 2.24) is 5.32 Å². The zero-order chi connectivity index (χ0) is 20.8. The molecule has 0 spiro atoms. The van der Waals surface area contributed by atoms with Gasteiger partial charge in [0.15, 0.2) is 16.8 Å². The predicted molar refractivity (Wildman–Crippen MR) is 104 cm³/mol. The van der Waals surface area contributed by atoms with Crippen molar-refractivity contribution >= 4 is 35.0 Å². The second-order valence-corrected chi connectivity index (χ2v) is 6.48. The highest BCUT2D eigenvalue weighted by molar-refractivity contribution is 8.18. The number of esters is 1. The highest BCUT2D eigenvalue weighted by Gasteiger charge is 2.25. The Morgan fingerprint density at radius 3 is 2.72 bits per heavy atom. The molecule has 1 aliphatic heterocycles. The Bertz CT molecular complexity index is 1050. The lowest BCUT2D eigenvalue weighted by Gasteiger charge is -2.08. The molecule has 10 heteroatoms. The van der Waals surface area contributed by atoms with Crippen LogP contribution in [0.5, 0.6) is 11.5 Å². The summed E-state index contributed by atoms with van der Waals surface area (Å²) in [5.74, 6) is -2.68. The van der Waals surface area contributed by atoms with Crippen LogP contribution in [0.4, 0.5) is 8.78 Å². The molecule has 1 heterocycles. The SMILES string of the molecule is COC(=O)/C=C1/S/C(=N\N=Cc2ccccc2Oc2ccc(F)c(F)c2)NC1=O. The minimum Gasteiger partial charge on any atom is -0.466 e. The molecule has 0 aliphatic carbocycles. The summed E-state index contributed by atoms with van der Waals surface area (Å²) < 4.78 is 36.5. The summed E-state index contributed by atoms with van der Waals surface area (Å²) in [5.41, 5.74) is 0.515. The lowest BCUT2D eigenvalue weighted by molar-refractivity contribution is -0.135. The van der Waals surface area contributed by atoms with Crippen LogP contribution >= 0.6 is 11.8 Å². The number of carbonyl (C=O) groups is 2. The fourth-order valence-corrected chi connectivity index (χ4v) is 2.87. The van der Waals surface area contributed by atoms with Crippen LogP contribution in [0.15, 0.2) is 63.6 Å². The first-order chi connectivity index (χ1) is 14.0. The molecular formula is C19H13F2N3O4S. The molecule has 0 radical (unpaired) electrons. The Morgan fingerprint density at radius 2 is 1.97 bits per heavy atom. The van der Waals surface area contributed by atoms with Crippen molar-refractivity contribution in [1.29, 1.82) is 0 Å². The third-order valence-electron chi connectivity index (χ3n) is 3.48. The molecule has 7 nitrogen and oxygen atoms in total. The lowest BCUT2D eigenvalue weighted by atomic mass is 10.2. The van der Waals surface area contributed by atoms with Crippen molar-refractivity contribution in [2.75, 3.05) is 7.11 Å². The molecule has 1 fully saturated rings. The van der Waals surface area contributed by atoms with Crippen LogP contribution in [0.25, 0.3) is 0 Å². The molecule has 29 heavy (non-hydrogen) atoms. The van der Waals surface area contributed by atoms with E-state index in [0.29, 0.717) is 11.3 Å². The highest BCUT2D eigenvalue weighted by atomic mass is 32.2. The summed E-state index contributed by atoms with van der Waals surface area (Å²) in [4.78, 5) is 23.1. The number of nitrogens with zero attached hydrogens (tertiary/aromatic N) is 2. The predicted octanol–water partition coefficient (Wildman–Crippen LogP) is 3.37. The van der Waals surface area contributed by atoms with Crippen molar-refractivity contribution in [2.24, 2.45) is 10.2 Å². The molecule has 0 saturated carbocycles. The minimum absolute atomic E-state index is 0.118. The van der Waals surface area contributed by atoms with Gasteiger partial charge in [-0.15, -0.1) is 5.10 Å². The van der Waals surface area contributed by atoms with Gasteiger partial charge in [0.05, 0.1) is 18.2 Å². The van der Waals surface area contributed by atoms with Gasteiger partial charge in [0, 0.05) is 17.7 Å². The van der Waals surface area contributed by atoms with Gasteiger partial charge in [0.25, 0.3) is 5.91 Å². The van der Waals surface area contributed by atoms with Gasteiger partial charge >= 0.3 is 5.97 Å². The van der Waals surface area contributed by atoms with Crippen LogP contribution in [0.2, 0.25) is 0 Å². The maximum Gasteiger partial charge on any atom is 0.331 e. The van der Waals surface area contributed by atoms with E-state index in [9.17, 15) is 18.4 Å². The fraction of sp³-hybridized carbons (Fsp3) is 0.0526. The molecule has 0 bridgehead atoms. The number of rotatable bonds is 5. The fourth-order valence-electron chi connectivity index (χ4n) is 2.13. The zero-order valence-corrected chi connectivity index (χ0v) is 15.7. The number of amidine groups is 1. The Hall–Kier alpha value is -3.53. The molecule has 0 aromatic heterocycles. The van der Waals surface area contributed by atoms with E-state index < -0.39 is 23.5 Å². The van der Waals surface area contributed by atoms with Crippen LogP contribution in [0.1, 0.15) is 5.56 Å². The maximum atomic E-state index is 13.4. The van der Waals surface area contributed by atoms with Gasteiger partial charge in [-0.25, -0.2) is 13.6 Å². The smallest absolute Gasteiger partial charge is 0.331 e. The van der Waals surface area contributed by atoms with Gasteiger partial charge in [0.2, 0.25) is 0 Å².